The Labute approximate surface area is 199 Å². The van der Waals surface area contributed by atoms with Crippen LogP contribution >= 0.6 is 23.4 Å². The number of nitrogens with zero attached hydrogens (tertiary/aromatic N) is 4. The summed E-state index contributed by atoms with van der Waals surface area (Å²) >= 11 is 7.24. The molecule has 2 N–H and O–H groups in total. The Bertz CT molecular complexity index is 1260. The summed E-state index contributed by atoms with van der Waals surface area (Å²) in [5.41, 5.74) is 2.69. The average molecular weight is 492 g/mol. The van der Waals surface area contributed by atoms with Crippen LogP contribution in [0.5, 0.6) is 0 Å². The summed E-state index contributed by atoms with van der Waals surface area (Å²) in [5, 5.41) is 14.2. The Morgan fingerprint density at radius 3 is 2.70 bits per heavy atom. The maximum absolute atomic E-state index is 14.3. The third-order valence-electron chi connectivity index (χ3n) is 6.22. The number of fused-ring (bicyclic) bond motifs is 2. The van der Waals surface area contributed by atoms with Gasteiger partial charge in [-0.3, -0.25) is 9.98 Å². The highest BCUT2D eigenvalue weighted by Crippen LogP contribution is 2.64. The van der Waals surface area contributed by atoms with E-state index in [1.54, 1.807) is 32.3 Å². The predicted molar refractivity (Wildman–Crippen MR) is 128 cm³/mol. The molecule has 2 aliphatic rings. The van der Waals surface area contributed by atoms with Gasteiger partial charge in [0, 0.05) is 24.7 Å². The van der Waals surface area contributed by atoms with Crippen molar-refractivity contribution in [2.75, 3.05) is 13.7 Å². The van der Waals surface area contributed by atoms with Gasteiger partial charge in [-0.15, -0.1) is 0 Å². The molecule has 174 valence electrons. The second kappa shape index (κ2) is 8.77. The zero-order valence-electron chi connectivity index (χ0n) is 18.7. The number of aliphatic imine (C=N–C) groups is 1. The fourth-order valence-electron chi connectivity index (χ4n) is 4.37. The highest BCUT2D eigenvalue weighted by Gasteiger charge is 2.67. The first kappa shape index (κ1) is 23.8. The van der Waals surface area contributed by atoms with E-state index in [1.807, 2.05) is 13.8 Å². The number of halogens is 3. The molecule has 0 amide bonds. The average Bonchev–Trinajstić information content (AvgIpc) is 3.53. The van der Waals surface area contributed by atoms with Gasteiger partial charge in [-0.1, -0.05) is 29.4 Å². The van der Waals surface area contributed by atoms with Gasteiger partial charge in [-0.2, -0.15) is 0 Å². The van der Waals surface area contributed by atoms with Crippen LogP contribution in [0.4, 0.5) is 8.78 Å². The van der Waals surface area contributed by atoms with E-state index in [4.69, 9.17) is 11.6 Å². The maximum atomic E-state index is 14.3. The van der Waals surface area contributed by atoms with Crippen LogP contribution in [0.25, 0.3) is 11.0 Å². The monoisotopic (exact) mass is 491 g/mol. The third kappa shape index (κ3) is 4.29. The van der Waals surface area contributed by atoms with E-state index in [9.17, 15) is 13.9 Å². The molecule has 6 nitrogen and oxygen atoms in total. The smallest absolute Gasteiger partial charge is 0.164 e. The number of thioether (sulfide) groups is 1. The molecule has 1 aromatic carbocycles. The van der Waals surface area contributed by atoms with Crippen molar-refractivity contribution < 1.29 is 13.9 Å². The summed E-state index contributed by atoms with van der Waals surface area (Å²) in [5.74, 6) is -1.62. The van der Waals surface area contributed by atoms with Crippen LogP contribution in [0.15, 0.2) is 35.7 Å². The standard InChI is InChI=1S/C15H18F2N2OS.C8H6ClN3/c1-8-4-9(12(17)10(16)5-8)14(2)11-6-15(11,7-20)21-13(18-3)19-14;1-5-8-7(12-4-11-5)2-6(9)3-10-8/h4-5,11,20H,6-7H2,1-3H3,(H,18,19);2-4H,1H3/t11?,14-,15?;/m1./s1. The molecular formula is C23H24ClF2N5OS. The number of aliphatic hydroxyl groups is 1. The number of hydrogen-bond acceptors (Lipinski definition) is 6. The van der Waals surface area contributed by atoms with Gasteiger partial charge < -0.3 is 10.4 Å². The van der Waals surface area contributed by atoms with Gasteiger partial charge >= 0.3 is 0 Å². The normalized spacial score (nSPS) is 26.9. The van der Waals surface area contributed by atoms with Gasteiger partial charge in [0.2, 0.25) is 0 Å². The Hall–Kier alpha value is -2.36. The van der Waals surface area contributed by atoms with E-state index in [0.717, 1.165) is 23.1 Å². The minimum Gasteiger partial charge on any atom is -0.395 e. The van der Waals surface area contributed by atoms with E-state index >= 15 is 0 Å². The Morgan fingerprint density at radius 1 is 1.24 bits per heavy atom. The largest absolute Gasteiger partial charge is 0.395 e. The predicted octanol–water partition coefficient (Wildman–Crippen LogP) is 4.55. The van der Waals surface area contributed by atoms with Crippen LogP contribution in [-0.4, -0.2) is 43.6 Å². The molecule has 0 radical (unpaired) electrons. The first-order valence-corrected chi connectivity index (χ1v) is 11.6. The second-order valence-corrected chi connectivity index (χ2v) is 10.4. The fraction of sp³-hybridized carbons (Fsp3) is 0.391. The highest BCUT2D eigenvalue weighted by molar-refractivity contribution is 8.15. The number of pyridine rings is 1. The van der Waals surface area contributed by atoms with Crippen molar-refractivity contribution in [3.05, 3.63) is 64.2 Å². The zero-order valence-corrected chi connectivity index (χ0v) is 20.2. The molecule has 1 saturated heterocycles. The lowest BCUT2D eigenvalue weighted by atomic mass is 9.84. The molecule has 1 aliphatic heterocycles. The topological polar surface area (TPSA) is 83.3 Å². The lowest BCUT2D eigenvalue weighted by molar-refractivity contribution is 0.255. The lowest BCUT2D eigenvalue weighted by Gasteiger charge is -2.39. The first-order valence-electron chi connectivity index (χ1n) is 10.4. The summed E-state index contributed by atoms with van der Waals surface area (Å²) in [7, 11) is 1.65. The molecule has 3 atom stereocenters. The lowest BCUT2D eigenvalue weighted by Crippen LogP contribution is -2.51. The fourth-order valence-corrected chi connectivity index (χ4v) is 5.95. The number of hydrogen-bond donors (Lipinski definition) is 2. The molecule has 3 aromatic rings. The van der Waals surface area contributed by atoms with Crippen LogP contribution in [0.3, 0.4) is 0 Å². The summed E-state index contributed by atoms with van der Waals surface area (Å²) in [6.07, 6.45) is 3.86. The van der Waals surface area contributed by atoms with Crippen LogP contribution in [-0.2, 0) is 5.54 Å². The van der Waals surface area contributed by atoms with Crippen LogP contribution in [0, 0.1) is 31.4 Å². The summed E-state index contributed by atoms with van der Waals surface area (Å²) in [6, 6.07) is 4.65. The highest BCUT2D eigenvalue weighted by atomic mass is 35.5. The quantitative estimate of drug-likeness (QED) is 0.547. The van der Waals surface area contributed by atoms with Crippen LogP contribution < -0.4 is 5.32 Å². The van der Waals surface area contributed by atoms with E-state index in [0.29, 0.717) is 21.3 Å². The summed E-state index contributed by atoms with van der Waals surface area (Å²) in [4.78, 5) is 16.3. The molecular weight excluding hydrogens is 468 g/mol. The Morgan fingerprint density at radius 2 is 2.00 bits per heavy atom. The van der Waals surface area contributed by atoms with Crippen molar-refractivity contribution in [1.82, 2.24) is 20.3 Å². The molecule has 1 aliphatic carbocycles. The molecule has 0 spiro atoms. The number of amidine groups is 1. The van der Waals surface area contributed by atoms with Crippen molar-refractivity contribution >= 4 is 39.6 Å². The second-order valence-electron chi connectivity index (χ2n) is 8.53. The minimum absolute atomic E-state index is 0.00847. The Balaban J connectivity index is 0.000000183. The first-order chi connectivity index (χ1) is 15.6. The third-order valence-corrected chi connectivity index (χ3v) is 7.89. The van der Waals surface area contributed by atoms with Crippen molar-refractivity contribution in [1.29, 1.82) is 0 Å². The van der Waals surface area contributed by atoms with Crippen LogP contribution in [0.2, 0.25) is 5.02 Å². The van der Waals surface area contributed by atoms with E-state index < -0.39 is 17.2 Å². The van der Waals surface area contributed by atoms with Crippen LogP contribution in [0.1, 0.15) is 30.2 Å². The molecule has 1 saturated carbocycles. The van der Waals surface area contributed by atoms with Gasteiger partial charge in [-0.05, 0) is 44.9 Å². The van der Waals surface area contributed by atoms with Gasteiger partial charge in [0.1, 0.15) is 11.8 Å². The van der Waals surface area contributed by atoms with Gasteiger partial charge in [0.25, 0.3) is 0 Å². The number of rotatable bonds is 2. The molecule has 5 rings (SSSR count). The number of aromatic nitrogens is 3. The van der Waals surface area contributed by atoms with Gasteiger partial charge in [-0.25, -0.2) is 18.7 Å². The van der Waals surface area contributed by atoms with E-state index in [-0.39, 0.29) is 17.3 Å². The minimum atomic E-state index is -0.837. The molecule has 10 heteroatoms. The molecule has 2 aromatic heterocycles. The molecule has 0 bridgehead atoms. The molecule has 2 fully saturated rings. The summed E-state index contributed by atoms with van der Waals surface area (Å²) in [6.45, 7) is 5.50. The van der Waals surface area contributed by atoms with Crippen molar-refractivity contribution in [2.45, 2.75) is 37.5 Å². The van der Waals surface area contributed by atoms with E-state index in [2.05, 4.69) is 25.3 Å². The van der Waals surface area contributed by atoms with Gasteiger partial charge in [0.05, 0.1) is 33.1 Å². The number of aryl methyl sites for hydroxylation is 2. The van der Waals surface area contributed by atoms with Gasteiger partial charge in [0.15, 0.2) is 16.8 Å². The maximum Gasteiger partial charge on any atom is 0.164 e. The summed E-state index contributed by atoms with van der Waals surface area (Å²) < 4.78 is 27.8. The number of benzene rings is 1. The molecule has 2 unspecified atom stereocenters. The van der Waals surface area contributed by atoms with Crippen molar-refractivity contribution in [2.24, 2.45) is 10.9 Å². The number of nitrogens with one attached hydrogen (secondary N) is 1. The Kier molecular flexibility index (Phi) is 6.32. The zero-order chi connectivity index (χ0) is 24.0. The molecule has 3 heterocycles. The van der Waals surface area contributed by atoms with Crippen molar-refractivity contribution in [3.63, 3.8) is 0 Å². The molecule has 33 heavy (non-hydrogen) atoms. The van der Waals surface area contributed by atoms with Crippen molar-refractivity contribution in [3.8, 4) is 0 Å². The van der Waals surface area contributed by atoms with E-state index in [1.165, 1.54) is 24.2 Å². The SMILES string of the molecule is CN=C1N[C@](C)(c2cc(C)cc(F)c2F)C2CC2(CO)S1.Cc1ncnc2cc(Cl)cnc12. The number of aliphatic hydroxyl groups excluding tert-OH is 1.